The molecule has 1 fully saturated rings. The van der Waals surface area contributed by atoms with Gasteiger partial charge < -0.3 is 15.0 Å². The van der Waals surface area contributed by atoms with Crippen LogP contribution < -0.4 is 5.32 Å². The van der Waals surface area contributed by atoms with Gasteiger partial charge in [0.25, 0.3) is 0 Å². The Hall–Kier alpha value is -1.31. The fraction of sp³-hybridized carbons (Fsp3) is 0.867. The molecule has 2 atom stereocenters. The molecule has 8 heteroatoms. The Morgan fingerprint density at radius 1 is 1.35 bits per heavy atom. The zero-order valence-electron chi connectivity index (χ0n) is 14.9. The highest BCUT2D eigenvalue weighted by Crippen LogP contribution is 2.24. The summed E-state index contributed by atoms with van der Waals surface area (Å²) in [4.78, 5) is 17.9. The molecule has 7 nitrogen and oxygen atoms in total. The Morgan fingerprint density at radius 2 is 1.96 bits per heavy atom. The molecule has 0 aromatic carbocycles. The van der Waals surface area contributed by atoms with E-state index in [2.05, 4.69) is 10.3 Å². The van der Waals surface area contributed by atoms with Crippen LogP contribution in [0.3, 0.4) is 0 Å². The number of guanidine groups is 1. The first-order valence-corrected chi connectivity index (χ1v) is 9.44. The second-order valence-corrected chi connectivity index (χ2v) is 9.78. The van der Waals surface area contributed by atoms with Crippen molar-refractivity contribution in [2.75, 3.05) is 39.5 Å². The Labute approximate surface area is 139 Å². The van der Waals surface area contributed by atoms with Crippen LogP contribution in [0.4, 0.5) is 0 Å². The normalized spacial score (nSPS) is 23.0. The number of carbonyl (C=O) groups excluding carboxylic acids is 1. The van der Waals surface area contributed by atoms with Crippen LogP contribution in [0, 0.1) is 11.8 Å². The molecule has 0 amide bonds. The number of nitrogens with zero attached hydrogens (tertiary/aromatic N) is 2. The first-order valence-electron chi connectivity index (χ1n) is 7.79. The minimum Gasteiger partial charge on any atom is -0.469 e. The molecule has 1 aliphatic heterocycles. The predicted octanol–water partition coefficient (Wildman–Crippen LogP) is 0.516. The van der Waals surface area contributed by atoms with E-state index in [4.69, 9.17) is 4.74 Å². The standard InChI is InChI=1S/C15H29N3O4S/c1-11-9-18(10-12(11)13(19)22-6)14(16-5)17-7-8-23(20,21)15(2,3)4/h11-12H,7-10H2,1-6H3,(H,16,17). The minimum atomic E-state index is -3.17. The number of nitrogens with one attached hydrogen (secondary N) is 1. The summed E-state index contributed by atoms with van der Waals surface area (Å²) in [5, 5.41) is 3.08. The van der Waals surface area contributed by atoms with Gasteiger partial charge in [0.1, 0.15) is 0 Å². The number of rotatable bonds is 4. The summed E-state index contributed by atoms with van der Waals surface area (Å²) in [5.41, 5.74) is 0. The summed E-state index contributed by atoms with van der Waals surface area (Å²) in [6, 6.07) is 0. The average Bonchev–Trinajstić information content (AvgIpc) is 2.83. The van der Waals surface area contributed by atoms with Gasteiger partial charge in [-0.15, -0.1) is 0 Å². The monoisotopic (exact) mass is 347 g/mol. The van der Waals surface area contributed by atoms with E-state index >= 15 is 0 Å². The molecule has 1 aliphatic rings. The van der Waals surface area contributed by atoms with Crippen molar-refractivity contribution in [3.05, 3.63) is 0 Å². The van der Waals surface area contributed by atoms with Crippen molar-refractivity contribution in [2.24, 2.45) is 16.8 Å². The number of ether oxygens (including phenoxy) is 1. The van der Waals surface area contributed by atoms with Gasteiger partial charge in [-0.3, -0.25) is 9.79 Å². The number of sulfone groups is 1. The van der Waals surface area contributed by atoms with Crippen molar-refractivity contribution in [3.63, 3.8) is 0 Å². The summed E-state index contributed by atoms with van der Waals surface area (Å²) in [6.45, 7) is 8.59. The van der Waals surface area contributed by atoms with Gasteiger partial charge in [-0.25, -0.2) is 8.42 Å². The molecule has 0 bridgehead atoms. The molecule has 0 aliphatic carbocycles. The smallest absolute Gasteiger partial charge is 0.310 e. The summed E-state index contributed by atoms with van der Waals surface area (Å²) >= 11 is 0. The highest BCUT2D eigenvalue weighted by Gasteiger charge is 2.37. The fourth-order valence-corrected chi connectivity index (χ4v) is 3.52. The van der Waals surface area contributed by atoms with Crippen molar-refractivity contribution in [1.82, 2.24) is 10.2 Å². The first-order chi connectivity index (χ1) is 10.5. The van der Waals surface area contributed by atoms with Crippen LogP contribution >= 0.6 is 0 Å². The van der Waals surface area contributed by atoms with Crippen molar-refractivity contribution < 1.29 is 17.9 Å². The lowest BCUT2D eigenvalue weighted by molar-refractivity contribution is -0.145. The molecule has 1 saturated heterocycles. The lowest BCUT2D eigenvalue weighted by Crippen LogP contribution is -2.43. The van der Waals surface area contributed by atoms with Crippen LogP contribution in [0.1, 0.15) is 27.7 Å². The second kappa shape index (κ2) is 7.51. The first kappa shape index (κ1) is 19.7. The number of methoxy groups -OCH3 is 1. The van der Waals surface area contributed by atoms with E-state index in [0.717, 1.165) is 0 Å². The predicted molar refractivity (Wildman–Crippen MR) is 91.1 cm³/mol. The van der Waals surface area contributed by atoms with Gasteiger partial charge in [-0.2, -0.15) is 0 Å². The quantitative estimate of drug-likeness (QED) is 0.453. The van der Waals surface area contributed by atoms with Crippen molar-refractivity contribution in [2.45, 2.75) is 32.4 Å². The van der Waals surface area contributed by atoms with Crippen LogP contribution in [0.5, 0.6) is 0 Å². The van der Waals surface area contributed by atoms with Crippen LogP contribution in [0.2, 0.25) is 0 Å². The SMILES string of the molecule is CN=C(NCCS(=O)(=O)C(C)(C)C)N1CC(C)C(C(=O)OC)C1. The van der Waals surface area contributed by atoms with Gasteiger partial charge >= 0.3 is 5.97 Å². The third-order valence-corrected chi connectivity index (χ3v) is 6.82. The lowest BCUT2D eigenvalue weighted by atomic mass is 9.99. The fourth-order valence-electron chi connectivity index (χ4n) is 2.53. The highest BCUT2D eigenvalue weighted by atomic mass is 32.2. The summed E-state index contributed by atoms with van der Waals surface area (Å²) in [6.07, 6.45) is 0. The molecule has 1 heterocycles. The van der Waals surface area contributed by atoms with Crippen LogP contribution in [-0.4, -0.2) is 69.5 Å². The molecule has 23 heavy (non-hydrogen) atoms. The maximum Gasteiger partial charge on any atom is 0.310 e. The third kappa shape index (κ3) is 4.83. The molecule has 2 unspecified atom stereocenters. The van der Waals surface area contributed by atoms with E-state index in [1.165, 1.54) is 7.11 Å². The van der Waals surface area contributed by atoms with E-state index in [-0.39, 0.29) is 23.6 Å². The average molecular weight is 347 g/mol. The maximum absolute atomic E-state index is 12.1. The molecule has 0 saturated carbocycles. The van der Waals surface area contributed by atoms with Gasteiger partial charge in [-0.05, 0) is 26.7 Å². The topological polar surface area (TPSA) is 88.1 Å². The Balaban J connectivity index is 2.62. The molecular weight excluding hydrogens is 318 g/mol. The zero-order valence-corrected chi connectivity index (χ0v) is 15.7. The van der Waals surface area contributed by atoms with E-state index in [0.29, 0.717) is 25.6 Å². The third-order valence-electron chi connectivity index (χ3n) is 4.21. The number of hydrogen-bond donors (Lipinski definition) is 1. The summed E-state index contributed by atoms with van der Waals surface area (Å²) in [7, 11) is -0.134. The second-order valence-electron chi connectivity index (χ2n) is 6.92. The Morgan fingerprint density at radius 3 is 2.43 bits per heavy atom. The largest absolute Gasteiger partial charge is 0.469 e. The van der Waals surface area contributed by atoms with E-state index < -0.39 is 14.6 Å². The van der Waals surface area contributed by atoms with Gasteiger partial charge in [0.2, 0.25) is 0 Å². The summed E-state index contributed by atoms with van der Waals surface area (Å²) in [5.74, 6) is 0.425. The number of aliphatic imine (C=N–C) groups is 1. The van der Waals surface area contributed by atoms with Crippen molar-refractivity contribution in [3.8, 4) is 0 Å². The van der Waals surface area contributed by atoms with Crippen LogP contribution in [-0.2, 0) is 19.4 Å². The highest BCUT2D eigenvalue weighted by molar-refractivity contribution is 7.92. The van der Waals surface area contributed by atoms with Crippen molar-refractivity contribution in [1.29, 1.82) is 0 Å². The van der Waals surface area contributed by atoms with Gasteiger partial charge in [-0.1, -0.05) is 6.92 Å². The lowest BCUT2D eigenvalue weighted by Gasteiger charge is -2.23. The summed E-state index contributed by atoms with van der Waals surface area (Å²) < 4.78 is 28.3. The molecule has 0 spiro atoms. The number of hydrogen-bond acceptors (Lipinski definition) is 5. The van der Waals surface area contributed by atoms with Crippen LogP contribution in [0.15, 0.2) is 4.99 Å². The van der Waals surface area contributed by atoms with Crippen LogP contribution in [0.25, 0.3) is 0 Å². The minimum absolute atomic E-state index is 0.0410. The molecular formula is C15H29N3O4S. The Bertz CT molecular complexity index is 552. The molecule has 0 aromatic heterocycles. The van der Waals surface area contributed by atoms with Crippen molar-refractivity contribution >= 4 is 21.8 Å². The Kier molecular flexibility index (Phi) is 6.44. The van der Waals surface area contributed by atoms with E-state index in [1.54, 1.807) is 27.8 Å². The molecule has 1 rings (SSSR count). The maximum atomic E-state index is 12.1. The molecule has 1 N–H and O–H groups in total. The number of carbonyl (C=O) groups is 1. The molecule has 0 aromatic rings. The number of esters is 1. The molecule has 134 valence electrons. The van der Waals surface area contributed by atoms with Gasteiger partial charge in [0.05, 0.1) is 23.5 Å². The zero-order chi connectivity index (χ0) is 17.8. The van der Waals surface area contributed by atoms with E-state index in [1.807, 2.05) is 11.8 Å². The molecule has 0 radical (unpaired) electrons. The van der Waals surface area contributed by atoms with Gasteiger partial charge in [0.15, 0.2) is 15.8 Å². The van der Waals surface area contributed by atoms with E-state index in [9.17, 15) is 13.2 Å². The number of likely N-dealkylation sites (tertiary alicyclic amines) is 1. The van der Waals surface area contributed by atoms with Gasteiger partial charge in [0, 0.05) is 26.7 Å².